The summed E-state index contributed by atoms with van der Waals surface area (Å²) in [6, 6.07) is 6.06. The summed E-state index contributed by atoms with van der Waals surface area (Å²) in [6.45, 7) is 0. The van der Waals surface area contributed by atoms with Crippen molar-refractivity contribution < 1.29 is 9.90 Å². The van der Waals surface area contributed by atoms with Crippen molar-refractivity contribution in [2.75, 3.05) is 22.9 Å². The van der Waals surface area contributed by atoms with Crippen molar-refractivity contribution in [2.24, 2.45) is 0 Å². The Balaban J connectivity index is 0.000000191. The number of carboxylic acids is 1. The lowest BCUT2D eigenvalue weighted by Gasteiger charge is -1.98. The molecule has 0 radical (unpaired) electrons. The van der Waals surface area contributed by atoms with E-state index in [-0.39, 0.29) is 22.9 Å². The fourth-order valence-corrected chi connectivity index (χ4v) is 1.05. The molecule has 0 bridgehead atoms. The molecule has 2 aromatic rings. The second kappa shape index (κ2) is 6.05. The minimum atomic E-state index is -0.931. The molecule has 0 saturated heterocycles. The number of benzene rings is 1. The lowest BCUT2D eigenvalue weighted by Crippen LogP contribution is -2.03. The Morgan fingerprint density at radius 3 is 1.79 bits per heavy atom. The number of aromatic carboxylic acids is 1. The van der Waals surface area contributed by atoms with Gasteiger partial charge in [-0.2, -0.15) is 0 Å². The van der Waals surface area contributed by atoms with Crippen LogP contribution in [0.5, 0.6) is 0 Å². The predicted octanol–water partition coefficient (Wildman–Crippen LogP) is 0.190. The van der Waals surface area contributed by atoms with E-state index in [1.54, 1.807) is 12.1 Å². The van der Waals surface area contributed by atoms with Gasteiger partial charge in [-0.3, -0.25) is 0 Å². The van der Waals surface area contributed by atoms with Crippen molar-refractivity contribution in [1.29, 1.82) is 0 Å². The van der Waals surface area contributed by atoms with Crippen LogP contribution in [0.15, 0.2) is 30.6 Å². The highest BCUT2D eigenvalue weighted by Gasteiger charge is 1.99. The molecule has 100 valence electrons. The topological polar surface area (TPSA) is 167 Å². The summed E-state index contributed by atoms with van der Waals surface area (Å²) in [5.41, 5.74) is 22.3. The van der Waals surface area contributed by atoms with Gasteiger partial charge in [-0.05, 0) is 24.3 Å². The number of carboxylic acid groups (broad SMARTS) is 1. The van der Waals surface area contributed by atoms with Crippen molar-refractivity contribution >= 4 is 29.0 Å². The summed E-state index contributed by atoms with van der Waals surface area (Å²) in [6.07, 6.45) is 1.26. The molecule has 0 saturated carbocycles. The zero-order valence-electron chi connectivity index (χ0n) is 9.95. The van der Waals surface area contributed by atoms with Gasteiger partial charge < -0.3 is 28.0 Å². The molecule has 8 nitrogen and oxygen atoms in total. The van der Waals surface area contributed by atoms with Gasteiger partial charge in [-0.1, -0.05) is 0 Å². The summed E-state index contributed by atoms with van der Waals surface area (Å²) in [5, 5.41) is 8.43. The number of aromatic nitrogens is 2. The van der Waals surface area contributed by atoms with Gasteiger partial charge in [0.15, 0.2) is 11.6 Å². The van der Waals surface area contributed by atoms with Crippen LogP contribution < -0.4 is 22.9 Å². The van der Waals surface area contributed by atoms with E-state index in [4.69, 9.17) is 28.0 Å². The number of hydrogen-bond acceptors (Lipinski definition) is 7. The first-order valence-electron chi connectivity index (χ1n) is 5.12. The normalized spacial score (nSPS) is 9.26. The van der Waals surface area contributed by atoms with Gasteiger partial charge in [-0.25, -0.2) is 14.8 Å². The number of rotatable bonds is 1. The van der Waals surface area contributed by atoms with Gasteiger partial charge in [0.05, 0.1) is 5.56 Å². The highest BCUT2D eigenvalue weighted by atomic mass is 16.4. The molecule has 0 fully saturated rings. The van der Waals surface area contributed by atoms with Crippen LogP contribution in [0.2, 0.25) is 0 Å². The highest BCUT2D eigenvalue weighted by molar-refractivity contribution is 5.87. The summed E-state index contributed by atoms with van der Waals surface area (Å²) < 4.78 is 0. The van der Waals surface area contributed by atoms with Crippen LogP contribution in [0.25, 0.3) is 0 Å². The van der Waals surface area contributed by atoms with Crippen LogP contribution in [0, 0.1) is 0 Å². The Bertz CT molecular complexity index is 550. The molecular formula is C11H14N6O2. The Morgan fingerprint density at radius 1 is 0.947 bits per heavy atom. The van der Waals surface area contributed by atoms with E-state index in [9.17, 15) is 4.79 Å². The molecule has 0 aliphatic rings. The Morgan fingerprint density at radius 2 is 1.42 bits per heavy atom. The molecule has 0 unspecified atom stereocenters. The van der Waals surface area contributed by atoms with Crippen LogP contribution in [0.1, 0.15) is 10.4 Å². The van der Waals surface area contributed by atoms with Gasteiger partial charge in [0, 0.05) is 5.69 Å². The third-order valence-electron chi connectivity index (χ3n) is 2.10. The maximum Gasteiger partial charge on any atom is 0.335 e. The quantitative estimate of drug-likeness (QED) is 0.454. The molecule has 1 heterocycles. The van der Waals surface area contributed by atoms with E-state index in [1.807, 2.05) is 0 Å². The molecule has 2 rings (SSSR count). The van der Waals surface area contributed by atoms with Crippen molar-refractivity contribution in [3.05, 3.63) is 36.2 Å². The summed E-state index contributed by atoms with van der Waals surface area (Å²) in [4.78, 5) is 17.5. The minimum Gasteiger partial charge on any atom is -0.478 e. The molecule has 1 aromatic heterocycles. The summed E-state index contributed by atoms with van der Waals surface area (Å²) in [5.74, 6) is -0.481. The van der Waals surface area contributed by atoms with Gasteiger partial charge >= 0.3 is 5.97 Å². The van der Waals surface area contributed by atoms with Gasteiger partial charge in [0.1, 0.15) is 12.0 Å². The van der Waals surface area contributed by atoms with E-state index in [0.29, 0.717) is 5.69 Å². The molecule has 0 aliphatic carbocycles. The monoisotopic (exact) mass is 262 g/mol. The molecule has 0 amide bonds. The standard InChI is InChI=1S/C7H7NO2.C4H7N5/c8-6-3-1-5(2-4-6)7(9)10;5-2-3(6)8-1-9-4(2)7/h1-4H,8H2,(H,9,10);1H,5H2,(H4,6,7,8,9). The molecule has 9 N–H and O–H groups in total. The largest absolute Gasteiger partial charge is 0.478 e. The van der Waals surface area contributed by atoms with Crippen molar-refractivity contribution in [3.63, 3.8) is 0 Å². The lowest BCUT2D eigenvalue weighted by molar-refractivity contribution is 0.0697. The van der Waals surface area contributed by atoms with Gasteiger partial charge in [0.2, 0.25) is 0 Å². The molecule has 1 aromatic carbocycles. The lowest BCUT2D eigenvalue weighted by atomic mass is 10.2. The molecule has 0 spiro atoms. The first-order valence-corrected chi connectivity index (χ1v) is 5.12. The minimum absolute atomic E-state index is 0.225. The zero-order valence-corrected chi connectivity index (χ0v) is 9.95. The SMILES string of the molecule is Nc1ccc(C(=O)O)cc1.Nc1ncnc(N)c1N. The van der Waals surface area contributed by atoms with E-state index in [0.717, 1.165) is 0 Å². The maximum absolute atomic E-state index is 10.3. The summed E-state index contributed by atoms with van der Waals surface area (Å²) >= 11 is 0. The first kappa shape index (κ1) is 14.0. The average molecular weight is 262 g/mol. The van der Waals surface area contributed by atoms with Gasteiger partial charge in [0.25, 0.3) is 0 Å². The molecule has 8 heteroatoms. The number of anilines is 4. The Kier molecular flexibility index (Phi) is 4.47. The van der Waals surface area contributed by atoms with E-state index >= 15 is 0 Å². The van der Waals surface area contributed by atoms with Crippen molar-refractivity contribution in [3.8, 4) is 0 Å². The van der Waals surface area contributed by atoms with E-state index in [1.165, 1.54) is 18.5 Å². The zero-order chi connectivity index (χ0) is 14.4. The van der Waals surface area contributed by atoms with Crippen LogP contribution in [0.4, 0.5) is 23.0 Å². The van der Waals surface area contributed by atoms with Crippen LogP contribution in [0.3, 0.4) is 0 Å². The maximum atomic E-state index is 10.3. The number of nitrogen functional groups attached to an aromatic ring is 4. The van der Waals surface area contributed by atoms with E-state index < -0.39 is 5.97 Å². The fourth-order valence-electron chi connectivity index (χ4n) is 1.05. The van der Waals surface area contributed by atoms with Gasteiger partial charge in [-0.15, -0.1) is 0 Å². The molecule has 0 atom stereocenters. The molecule has 0 aliphatic heterocycles. The highest BCUT2D eigenvalue weighted by Crippen LogP contribution is 2.14. The number of hydrogen-bond donors (Lipinski definition) is 5. The van der Waals surface area contributed by atoms with Crippen molar-refractivity contribution in [2.45, 2.75) is 0 Å². The fraction of sp³-hybridized carbons (Fsp3) is 0. The third kappa shape index (κ3) is 4.04. The van der Waals surface area contributed by atoms with Crippen molar-refractivity contribution in [1.82, 2.24) is 9.97 Å². The van der Waals surface area contributed by atoms with Crippen LogP contribution in [-0.2, 0) is 0 Å². The molecule has 19 heavy (non-hydrogen) atoms. The van der Waals surface area contributed by atoms with Crippen LogP contribution in [-0.4, -0.2) is 21.0 Å². The second-order valence-corrected chi connectivity index (χ2v) is 3.48. The first-order chi connectivity index (χ1) is 8.91. The average Bonchev–Trinajstić information content (AvgIpc) is 2.37. The summed E-state index contributed by atoms with van der Waals surface area (Å²) in [7, 11) is 0. The number of nitrogens with zero attached hydrogens (tertiary/aromatic N) is 2. The smallest absolute Gasteiger partial charge is 0.335 e. The second-order valence-electron chi connectivity index (χ2n) is 3.48. The van der Waals surface area contributed by atoms with E-state index in [2.05, 4.69) is 9.97 Å². The van der Waals surface area contributed by atoms with Crippen LogP contribution >= 0.6 is 0 Å². The third-order valence-corrected chi connectivity index (χ3v) is 2.10. The molecular weight excluding hydrogens is 248 g/mol. The Hall–Kier alpha value is -3.03. The predicted molar refractivity (Wildman–Crippen MR) is 73.1 cm³/mol. The Labute approximate surface area is 109 Å². The number of carbonyl (C=O) groups is 1. The number of nitrogens with two attached hydrogens (primary N) is 4.